The third-order valence-corrected chi connectivity index (χ3v) is 6.42. The van der Waals surface area contributed by atoms with Gasteiger partial charge in [-0.1, -0.05) is 30.3 Å². The average Bonchev–Trinajstić information content (AvgIpc) is 2.62. The monoisotopic (exact) mass is 434 g/mol. The molecular weight excluding hydrogens is 411 g/mol. The Balaban J connectivity index is 1.45. The molecule has 2 aromatic rings. The summed E-state index contributed by atoms with van der Waals surface area (Å²) in [6.45, 7) is 4.11. The fourth-order valence-corrected chi connectivity index (χ4v) is 4.83. The Kier molecular flexibility index (Phi) is 4.79. The normalized spacial score (nSPS) is 24.7. The molecular formula is C20H23IN2O. The molecule has 0 amide bonds. The molecule has 1 saturated heterocycles. The van der Waals surface area contributed by atoms with Crippen molar-refractivity contribution in [2.24, 2.45) is 0 Å². The molecule has 2 aliphatic rings. The summed E-state index contributed by atoms with van der Waals surface area (Å²) in [5, 5.41) is 10.7. The van der Waals surface area contributed by atoms with E-state index in [1.54, 1.807) is 0 Å². The van der Waals surface area contributed by atoms with Gasteiger partial charge in [-0.05, 0) is 58.3 Å². The van der Waals surface area contributed by atoms with Gasteiger partial charge < -0.3 is 10.0 Å². The SMILES string of the molecule is O[C@@H]1Cc2cccc(I)c2C[C@H]1N1CCN(c2ccccc2)CC1. The third kappa shape index (κ3) is 3.19. The van der Waals surface area contributed by atoms with Crippen LogP contribution in [-0.2, 0) is 12.8 Å². The Bertz CT molecular complexity index is 698. The Hall–Kier alpha value is -1.11. The minimum atomic E-state index is -0.251. The predicted molar refractivity (Wildman–Crippen MR) is 107 cm³/mol. The summed E-state index contributed by atoms with van der Waals surface area (Å²) in [4.78, 5) is 4.94. The Morgan fingerprint density at radius 3 is 2.38 bits per heavy atom. The van der Waals surface area contributed by atoms with Crippen molar-refractivity contribution in [1.82, 2.24) is 4.90 Å². The lowest BCUT2D eigenvalue weighted by atomic mass is 9.85. The second-order valence-corrected chi connectivity index (χ2v) is 7.94. The average molecular weight is 434 g/mol. The second kappa shape index (κ2) is 7.02. The van der Waals surface area contributed by atoms with Crippen LogP contribution in [0.3, 0.4) is 0 Å². The van der Waals surface area contributed by atoms with Gasteiger partial charge in [0.25, 0.3) is 0 Å². The number of aliphatic hydroxyl groups excluding tert-OH is 1. The summed E-state index contributed by atoms with van der Waals surface area (Å²) in [5.41, 5.74) is 4.08. The molecule has 0 unspecified atom stereocenters. The van der Waals surface area contributed by atoms with E-state index in [2.05, 4.69) is 80.9 Å². The molecule has 4 heteroatoms. The highest BCUT2D eigenvalue weighted by Crippen LogP contribution is 2.29. The fourth-order valence-electron chi connectivity index (χ4n) is 4.05. The van der Waals surface area contributed by atoms with Gasteiger partial charge in [-0.25, -0.2) is 0 Å². The molecule has 0 bridgehead atoms. The van der Waals surface area contributed by atoms with Gasteiger partial charge in [0.15, 0.2) is 0 Å². The van der Waals surface area contributed by atoms with Crippen LogP contribution in [0.25, 0.3) is 0 Å². The topological polar surface area (TPSA) is 26.7 Å². The highest BCUT2D eigenvalue weighted by atomic mass is 127. The largest absolute Gasteiger partial charge is 0.391 e. The van der Waals surface area contributed by atoms with Crippen LogP contribution >= 0.6 is 22.6 Å². The molecule has 1 aliphatic heterocycles. The van der Waals surface area contributed by atoms with Crippen LogP contribution in [0.2, 0.25) is 0 Å². The molecule has 1 N–H and O–H groups in total. The lowest BCUT2D eigenvalue weighted by molar-refractivity contribution is 0.0394. The first-order valence-corrected chi connectivity index (χ1v) is 9.78. The van der Waals surface area contributed by atoms with E-state index in [0.717, 1.165) is 39.0 Å². The first kappa shape index (κ1) is 16.4. The number of nitrogens with zero attached hydrogens (tertiary/aromatic N) is 2. The van der Waals surface area contributed by atoms with Crippen LogP contribution in [-0.4, -0.2) is 48.3 Å². The van der Waals surface area contributed by atoms with E-state index in [1.807, 2.05) is 0 Å². The summed E-state index contributed by atoms with van der Waals surface area (Å²) >= 11 is 2.43. The van der Waals surface area contributed by atoms with Crippen LogP contribution in [0.5, 0.6) is 0 Å². The molecule has 126 valence electrons. The van der Waals surface area contributed by atoms with Gasteiger partial charge in [0.2, 0.25) is 0 Å². The number of aliphatic hydroxyl groups is 1. The number of benzene rings is 2. The summed E-state index contributed by atoms with van der Waals surface area (Å²) in [6.07, 6.45) is 1.51. The van der Waals surface area contributed by atoms with Gasteiger partial charge in [0.05, 0.1) is 6.10 Å². The number of fused-ring (bicyclic) bond motifs is 1. The number of piperazine rings is 1. The van der Waals surface area contributed by atoms with Crippen molar-refractivity contribution in [1.29, 1.82) is 0 Å². The maximum Gasteiger partial charge on any atom is 0.0739 e. The van der Waals surface area contributed by atoms with Crippen molar-refractivity contribution in [3.8, 4) is 0 Å². The van der Waals surface area contributed by atoms with Gasteiger partial charge in [-0.15, -0.1) is 0 Å². The fraction of sp³-hybridized carbons (Fsp3) is 0.400. The summed E-state index contributed by atoms with van der Waals surface area (Å²) in [7, 11) is 0. The van der Waals surface area contributed by atoms with E-state index in [-0.39, 0.29) is 12.1 Å². The van der Waals surface area contributed by atoms with E-state index < -0.39 is 0 Å². The Morgan fingerprint density at radius 2 is 1.62 bits per heavy atom. The summed E-state index contributed by atoms with van der Waals surface area (Å²) < 4.78 is 1.34. The smallest absolute Gasteiger partial charge is 0.0739 e. The molecule has 2 atom stereocenters. The minimum absolute atomic E-state index is 0.251. The van der Waals surface area contributed by atoms with Gasteiger partial charge in [-0.2, -0.15) is 0 Å². The number of halogens is 1. The number of para-hydroxylation sites is 1. The molecule has 0 spiro atoms. The Labute approximate surface area is 157 Å². The van der Waals surface area contributed by atoms with E-state index >= 15 is 0 Å². The molecule has 0 aromatic heterocycles. The van der Waals surface area contributed by atoms with E-state index in [1.165, 1.54) is 20.4 Å². The van der Waals surface area contributed by atoms with Gasteiger partial charge >= 0.3 is 0 Å². The molecule has 1 fully saturated rings. The maximum atomic E-state index is 10.7. The van der Waals surface area contributed by atoms with Crippen molar-refractivity contribution >= 4 is 28.3 Å². The zero-order valence-electron chi connectivity index (χ0n) is 13.7. The van der Waals surface area contributed by atoms with Gasteiger partial charge in [-0.3, -0.25) is 4.90 Å². The molecule has 0 saturated carbocycles. The molecule has 4 rings (SSSR count). The van der Waals surface area contributed by atoms with Crippen LogP contribution < -0.4 is 4.90 Å². The number of anilines is 1. The first-order chi connectivity index (χ1) is 11.7. The van der Waals surface area contributed by atoms with Crippen LogP contribution in [0, 0.1) is 3.57 Å². The maximum absolute atomic E-state index is 10.7. The molecule has 3 nitrogen and oxygen atoms in total. The molecule has 1 heterocycles. The number of hydrogen-bond acceptors (Lipinski definition) is 3. The standard InChI is InChI=1S/C20H23IN2O/c21-18-8-4-5-15-13-20(24)19(14-17(15)18)23-11-9-22(10-12-23)16-6-2-1-3-7-16/h1-8,19-20,24H,9-14H2/t19-,20-/m1/s1. The molecule has 1 aliphatic carbocycles. The quantitative estimate of drug-likeness (QED) is 0.737. The van der Waals surface area contributed by atoms with Crippen molar-refractivity contribution in [2.45, 2.75) is 25.0 Å². The van der Waals surface area contributed by atoms with Crippen LogP contribution in [0.15, 0.2) is 48.5 Å². The second-order valence-electron chi connectivity index (χ2n) is 6.78. The molecule has 2 aromatic carbocycles. The van der Waals surface area contributed by atoms with Crippen molar-refractivity contribution in [3.05, 3.63) is 63.2 Å². The van der Waals surface area contributed by atoms with Crippen LogP contribution in [0.1, 0.15) is 11.1 Å². The first-order valence-electron chi connectivity index (χ1n) is 8.71. The van der Waals surface area contributed by atoms with Crippen LogP contribution in [0.4, 0.5) is 5.69 Å². The highest BCUT2D eigenvalue weighted by molar-refractivity contribution is 14.1. The van der Waals surface area contributed by atoms with Gasteiger partial charge in [0.1, 0.15) is 0 Å². The summed E-state index contributed by atoms with van der Waals surface area (Å²) in [5.74, 6) is 0. The van der Waals surface area contributed by atoms with E-state index in [4.69, 9.17) is 0 Å². The predicted octanol–water partition coefficient (Wildman–Crippen LogP) is 2.94. The zero-order chi connectivity index (χ0) is 16.5. The summed E-state index contributed by atoms with van der Waals surface area (Å²) in [6, 6.07) is 17.4. The van der Waals surface area contributed by atoms with E-state index in [9.17, 15) is 5.11 Å². The lowest BCUT2D eigenvalue weighted by Gasteiger charge is -2.43. The molecule has 24 heavy (non-hydrogen) atoms. The van der Waals surface area contributed by atoms with Gasteiger partial charge in [0, 0.05) is 47.9 Å². The van der Waals surface area contributed by atoms with E-state index in [0.29, 0.717) is 0 Å². The van der Waals surface area contributed by atoms with Crippen molar-refractivity contribution in [2.75, 3.05) is 31.1 Å². The van der Waals surface area contributed by atoms with Crippen molar-refractivity contribution < 1.29 is 5.11 Å². The third-order valence-electron chi connectivity index (χ3n) is 5.41. The van der Waals surface area contributed by atoms with Crippen molar-refractivity contribution in [3.63, 3.8) is 0 Å². The molecule has 0 radical (unpaired) electrons. The zero-order valence-corrected chi connectivity index (χ0v) is 15.9. The highest BCUT2D eigenvalue weighted by Gasteiger charge is 2.33. The lowest BCUT2D eigenvalue weighted by Crippen LogP contribution is -2.56. The minimum Gasteiger partial charge on any atom is -0.391 e. The Morgan fingerprint density at radius 1 is 0.875 bits per heavy atom. The number of hydrogen-bond donors (Lipinski definition) is 1. The number of rotatable bonds is 2.